The van der Waals surface area contributed by atoms with Gasteiger partial charge in [0.05, 0.1) is 24.4 Å². The van der Waals surface area contributed by atoms with E-state index in [1.54, 1.807) is 4.90 Å². The molecule has 0 heterocycles. The van der Waals surface area contributed by atoms with Gasteiger partial charge in [-0.05, 0) is 43.2 Å². The molecule has 2 aromatic carbocycles. The van der Waals surface area contributed by atoms with Gasteiger partial charge < -0.3 is 15.0 Å². The topological polar surface area (TPSA) is 58.6 Å². The van der Waals surface area contributed by atoms with Crippen LogP contribution in [0.3, 0.4) is 0 Å². The van der Waals surface area contributed by atoms with E-state index in [1.807, 2.05) is 30.3 Å². The lowest BCUT2D eigenvalue weighted by molar-refractivity contribution is -0.117. The van der Waals surface area contributed by atoms with Crippen LogP contribution in [0.4, 0.5) is 15.8 Å². The molecule has 26 heavy (non-hydrogen) atoms. The van der Waals surface area contributed by atoms with E-state index < -0.39 is 5.82 Å². The molecule has 1 N–H and O–H groups in total. The van der Waals surface area contributed by atoms with Crippen LogP contribution in [0.5, 0.6) is 5.75 Å². The summed E-state index contributed by atoms with van der Waals surface area (Å²) in [4.78, 5) is 25.8. The third-order valence-corrected chi connectivity index (χ3v) is 4.08. The van der Waals surface area contributed by atoms with E-state index in [4.69, 9.17) is 4.74 Å². The smallest absolute Gasteiger partial charge is 0.227 e. The second kappa shape index (κ2) is 7.99. The summed E-state index contributed by atoms with van der Waals surface area (Å²) in [5, 5.41) is 2.70. The highest BCUT2D eigenvalue weighted by Crippen LogP contribution is 2.36. The molecule has 1 aliphatic rings. The maximum atomic E-state index is 13.7. The van der Waals surface area contributed by atoms with Crippen LogP contribution in [-0.4, -0.2) is 24.5 Å². The summed E-state index contributed by atoms with van der Waals surface area (Å²) in [6.07, 6.45) is 1.94. The van der Waals surface area contributed by atoms with Crippen molar-refractivity contribution in [2.24, 2.45) is 0 Å². The van der Waals surface area contributed by atoms with E-state index >= 15 is 0 Å². The predicted octanol–water partition coefficient (Wildman–Crippen LogP) is 3.75. The van der Waals surface area contributed by atoms with Crippen LogP contribution < -0.4 is 15.0 Å². The van der Waals surface area contributed by atoms with Crippen molar-refractivity contribution < 1.29 is 18.7 Å². The summed E-state index contributed by atoms with van der Waals surface area (Å²) in [6.45, 7) is 1.68. The maximum Gasteiger partial charge on any atom is 0.227 e. The van der Waals surface area contributed by atoms with Gasteiger partial charge in [-0.25, -0.2) is 4.39 Å². The number of halogens is 1. The molecular weight excluding hydrogens is 335 g/mol. The molecule has 0 saturated heterocycles. The quantitative estimate of drug-likeness (QED) is 0.822. The number of amides is 2. The Morgan fingerprint density at radius 1 is 1.19 bits per heavy atom. The number of carbonyl (C=O) groups is 2. The second-order valence-corrected chi connectivity index (χ2v) is 6.24. The highest BCUT2D eigenvalue weighted by molar-refractivity contribution is 6.00. The maximum absolute atomic E-state index is 13.7. The largest absolute Gasteiger partial charge is 0.493 e. The van der Waals surface area contributed by atoms with E-state index in [0.717, 1.165) is 12.8 Å². The summed E-state index contributed by atoms with van der Waals surface area (Å²) < 4.78 is 19.2. The second-order valence-electron chi connectivity index (χ2n) is 6.24. The molecule has 6 heteroatoms. The van der Waals surface area contributed by atoms with Crippen LogP contribution in [0.15, 0.2) is 48.5 Å². The van der Waals surface area contributed by atoms with Crippen LogP contribution in [0.25, 0.3) is 0 Å². The van der Waals surface area contributed by atoms with Gasteiger partial charge >= 0.3 is 0 Å². The first kappa shape index (κ1) is 17.9. The monoisotopic (exact) mass is 356 g/mol. The van der Waals surface area contributed by atoms with E-state index in [-0.39, 0.29) is 30.9 Å². The van der Waals surface area contributed by atoms with E-state index in [9.17, 15) is 14.0 Å². The molecule has 0 spiro atoms. The fraction of sp³-hybridized carbons (Fsp3) is 0.300. The highest BCUT2D eigenvalue weighted by atomic mass is 19.1. The van der Waals surface area contributed by atoms with Crippen molar-refractivity contribution in [1.82, 2.24) is 0 Å². The zero-order chi connectivity index (χ0) is 18.5. The molecule has 1 fully saturated rings. The minimum absolute atomic E-state index is 0.119. The van der Waals surface area contributed by atoms with E-state index in [0.29, 0.717) is 17.1 Å². The van der Waals surface area contributed by atoms with Crippen LogP contribution >= 0.6 is 0 Å². The molecular formula is C20H21FN2O3. The molecule has 0 aromatic heterocycles. The zero-order valence-corrected chi connectivity index (χ0v) is 14.6. The van der Waals surface area contributed by atoms with Crippen LogP contribution in [0.1, 0.15) is 26.2 Å². The van der Waals surface area contributed by atoms with Crippen molar-refractivity contribution in [3.63, 3.8) is 0 Å². The molecule has 1 aliphatic carbocycles. The zero-order valence-electron chi connectivity index (χ0n) is 14.6. The number of rotatable bonds is 7. The molecule has 1 saturated carbocycles. The number of nitrogens with zero attached hydrogens (tertiary/aromatic N) is 1. The summed E-state index contributed by atoms with van der Waals surface area (Å²) >= 11 is 0. The van der Waals surface area contributed by atoms with E-state index in [2.05, 4.69) is 5.32 Å². The van der Waals surface area contributed by atoms with Crippen molar-refractivity contribution in [1.29, 1.82) is 0 Å². The first-order valence-corrected chi connectivity index (χ1v) is 8.61. The molecule has 0 radical (unpaired) electrons. The summed E-state index contributed by atoms with van der Waals surface area (Å²) in [7, 11) is 0. The molecule has 136 valence electrons. The Labute approximate surface area is 151 Å². The SMILES string of the molecule is CC(=O)N(c1ccc(F)cc1NC(=O)CCOc1ccccc1)C1CC1. The lowest BCUT2D eigenvalue weighted by Gasteiger charge is -2.24. The molecule has 2 aromatic rings. The van der Waals surface area contributed by atoms with Crippen molar-refractivity contribution >= 4 is 23.2 Å². The van der Waals surface area contributed by atoms with Gasteiger partial charge in [-0.1, -0.05) is 18.2 Å². The van der Waals surface area contributed by atoms with Gasteiger partial charge in [0.2, 0.25) is 11.8 Å². The number of para-hydroxylation sites is 1. The lowest BCUT2D eigenvalue weighted by Crippen LogP contribution is -2.31. The van der Waals surface area contributed by atoms with Gasteiger partial charge in [-0.15, -0.1) is 0 Å². The minimum atomic E-state index is -0.469. The molecule has 0 atom stereocenters. The highest BCUT2D eigenvalue weighted by Gasteiger charge is 2.33. The van der Waals surface area contributed by atoms with Gasteiger partial charge in [0.1, 0.15) is 11.6 Å². The standard InChI is InChI=1S/C20H21FN2O3/c1-14(24)23(16-8-9-16)19-10-7-15(21)13-18(19)22-20(25)11-12-26-17-5-3-2-4-6-17/h2-7,10,13,16H,8-9,11-12H2,1H3,(H,22,25). The lowest BCUT2D eigenvalue weighted by atomic mass is 10.2. The minimum Gasteiger partial charge on any atom is -0.493 e. The Morgan fingerprint density at radius 3 is 2.58 bits per heavy atom. The first-order valence-electron chi connectivity index (χ1n) is 8.61. The fourth-order valence-corrected chi connectivity index (χ4v) is 2.77. The van der Waals surface area contributed by atoms with Gasteiger partial charge in [-0.2, -0.15) is 0 Å². The third-order valence-electron chi connectivity index (χ3n) is 4.08. The van der Waals surface area contributed by atoms with Crippen LogP contribution in [0.2, 0.25) is 0 Å². The van der Waals surface area contributed by atoms with Crippen molar-refractivity contribution in [2.75, 3.05) is 16.8 Å². The number of hydrogen-bond acceptors (Lipinski definition) is 3. The Hall–Kier alpha value is -2.89. The Kier molecular flexibility index (Phi) is 5.51. The van der Waals surface area contributed by atoms with Crippen LogP contribution in [0, 0.1) is 5.82 Å². The van der Waals surface area contributed by atoms with Gasteiger partial charge in [0.15, 0.2) is 0 Å². The number of benzene rings is 2. The number of anilines is 2. The molecule has 0 unspecified atom stereocenters. The summed E-state index contributed by atoms with van der Waals surface area (Å²) in [5.41, 5.74) is 0.829. The Morgan fingerprint density at radius 2 is 1.92 bits per heavy atom. The van der Waals surface area contributed by atoms with Gasteiger partial charge in [-0.3, -0.25) is 9.59 Å². The van der Waals surface area contributed by atoms with Crippen molar-refractivity contribution in [3.8, 4) is 5.75 Å². The average Bonchev–Trinajstić information content (AvgIpc) is 3.42. The summed E-state index contributed by atoms with van der Waals surface area (Å²) in [6, 6.07) is 13.4. The summed E-state index contributed by atoms with van der Waals surface area (Å²) in [5.74, 6) is -0.207. The van der Waals surface area contributed by atoms with Crippen LogP contribution in [-0.2, 0) is 9.59 Å². The molecule has 5 nitrogen and oxygen atoms in total. The molecule has 0 bridgehead atoms. The number of carbonyl (C=O) groups excluding carboxylic acids is 2. The normalized spacial score (nSPS) is 13.2. The number of nitrogens with one attached hydrogen (secondary N) is 1. The molecule has 0 aliphatic heterocycles. The third kappa shape index (κ3) is 4.59. The fourth-order valence-electron chi connectivity index (χ4n) is 2.77. The van der Waals surface area contributed by atoms with Crippen molar-refractivity contribution in [2.45, 2.75) is 32.2 Å². The van der Waals surface area contributed by atoms with Crippen molar-refractivity contribution in [3.05, 3.63) is 54.3 Å². The number of ether oxygens (including phenoxy) is 1. The molecule has 3 rings (SSSR count). The number of hydrogen-bond donors (Lipinski definition) is 1. The first-order chi connectivity index (χ1) is 12.5. The predicted molar refractivity (Wildman–Crippen MR) is 97.8 cm³/mol. The van der Waals surface area contributed by atoms with Gasteiger partial charge in [0, 0.05) is 13.0 Å². The Bertz CT molecular complexity index is 791. The van der Waals surface area contributed by atoms with Gasteiger partial charge in [0.25, 0.3) is 0 Å². The average molecular weight is 356 g/mol. The van der Waals surface area contributed by atoms with E-state index in [1.165, 1.54) is 25.1 Å². The molecule has 2 amide bonds. The Balaban J connectivity index is 1.65.